The minimum Gasteiger partial charge on any atom is -0.393 e. The summed E-state index contributed by atoms with van der Waals surface area (Å²) in [5, 5.41) is 9.29. The van der Waals surface area contributed by atoms with Crippen molar-refractivity contribution in [1.29, 1.82) is 0 Å². The number of aliphatic hydroxyl groups excluding tert-OH is 1. The molecule has 1 N–H and O–H groups in total. The van der Waals surface area contributed by atoms with Crippen molar-refractivity contribution in [2.24, 2.45) is 0 Å². The van der Waals surface area contributed by atoms with Gasteiger partial charge in [-0.3, -0.25) is 0 Å². The molecule has 0 bridgehead atoms. The Balaban J connectivity index is 2.07. The van der Waals surface area contributed by atoms with Crippen molar-refractivity contribution in [2.75, 3.05) is 13.6 Å². The Hall–Kier alpha value is -1.39. The first-order chi connectivity index (χ1) is 8.56. The van der Waals surface area contributed by atoms with Crippen LogP contribution in [-0.4, -0.2) is 39.1 Å². The Labute approximate surface area is 108 Å². The first-order valence-corrected chi connectivity index (χ1v) is 6.35. The number of pyridine rings is 1. The van der Waals surface area contributed by atoms with Gasteiger partial charge in [0.05, 0.1) is 18.0 Å². The summed E-state index contributed by atoms with van der Waals surface area (Å²) >= 11 is 0. The van der Waals surface area contributed by atoms with Gasteiger partial charge in [-0.1, -0.05) is 0 Å². The van der Waals surface area contributed by atoms with Crippen LogP contribution in [-0.2, 0) is 6.54 Å². The van der Waals surface area contributed by atoms with Gasteiger partial charge in [0.1, 0.15) is 5.65 Å². The molecule has 2 heterocycles. The summed E-state index contributed by atoms with van der Waals surface area (Å²) in [6.45, 7) is 5.63. The smallest absolute Gasteiger partial charge is 0.137 e. The van der Waals surface area contributed by atoms with Crippen LogP contribution in [0.25, 0.3) is 5.65 Å². The zero-order valence-corrected chi connectivity index (χ0v) is 11.3. The van der Waals surface area contributed by atoms with Crippen LogP contribution in [0.2, 0.25) is 0 Å². The molecule has 0 saturated carbocycles. The number of aliphatic hydroxyl groups is 1. The number of aryl methyl sites for hydroxylation is 1. The first kappa shape index (κ1) is 13.1. The maximum Gasteiger partial charge on any atom is 0.137 e. The maximum absolute atomic E-state index is 9.29. The van der Waals surface area contributed by atoms with E-state index in [1.165, 1.54) is 11.3 Å². The molecule has 0 aliphatic heterocycles. The van der Waals surface area contributed by atoms with E-state index in [9.17, 15) is 5.11 Å². The van der Waals surface area contributed by atoms with E-state index >= 15 is 0 Å². The van der Waals surface area contributed by atoms with Gasteiger partial charge in [0.25, 0.3) is 0 Å². The maximum atomic E-state index is 9.29. The van der Waals surface area contributed by atoms with E-state index in [0.717, 1.165) is 25.2 Å². The quantitative estimate of drug-likeness (QED) is 0.876. The number of hydrogen-bond donors (Lipinski definition) is 1. The van der Waals surface area contributed by atoms with Gasteiger partial charge in [-0.25, -0.2) is 4.98 Å². The number of hydrogen-bond acceptors (Lipinski definition) is 3. The van der Waals surface area contributed by atoms with Crippen LogP contribution in [0.1, 0.15) is 24.6 Å². The second-order valence-corrected chi connectivity index (χ2v) is 5.06. The lowest BCUT2D eigenvalue weighted by Crippen LogP contribution is -2.22. The van der Waals surface area contributed by atoms with Crippen LogP contribution < -0.4 is 0 Å². The summed E-state index contributed by atoms with van der Waals surface area (Å²) in [6, 6.07) is 4.17. The molecule has 2 aromatic rings. The third kappa shape index (κ3) is 3.09. The largest absolute Gasteiger partial charge is 0.393 e. The molecule has 1 unspecified atom stereocenters. The van der Waals surface area contributed by atoms with Gasteiger partial charge in [-0.15, -0.1) is 0 Å². The normalized spacial score (nSPS) is 13.4. The highest BCUT2D eigenvalue weighted by Crippen LogP contribution is 2.10. The Morgan fingerprint density at radius 1 is 1.50 bits per heavy atom. The predicted molar refractivity (Wildman–Crippen MR) is 72.6 cm³/mol. The molecule has 0 aliphatic rings. The van der Waals surface area contributed by atoms with Crippen molar-refractivity contribution in [2.45, 2.75) is 32.9 Å². The Kier molecular flexibility index (Phi) is 3.99. The molecule has 1 atom stereocenters. The molecule has 4 nitrogen and oxygen atoms in total. The lowest BCUT2D eigenvalue weighted by Gasteiger charge is -2.17. The summed E-state index contributed by atoms with van der Waals surface area (Å²) in [5.74, 6) is 0. The monoisotopic (exact) mass is 247 g/mol. The molecule has 2 rings (SSSR count). The van der Waals surface area contributed by atoms with E-state index < -0.39 is 0 Å². The van der Waals surface area contributed by atoms with Gasteiger partial charge < -0.3 is 14.4 Å². The third-order valence-corrected chi connectivity index (χ3v) is 3.11. The molecule has 0 fully saturated rings. The Bertz CT molecular complexity index is 519. The lowest BCUT2D eigenvalue weighted by atomic mass is 10.2. The average Bonchev–Trinajstić information content (AvgIpc) is 2.69. The SMILES string of the molecule is Cc1ccn2c(CN(C)CCC(C)O)cnc2c1. The van der Waals surface area contributed by atoms with E-state index in [1.807, 2.05) is 13.1 Å². The minimum absolute atomic E-state index is 0.239. The van der Waals surface area contributed by atoms with E-state index in [4.69, 9.17) is 0 Å². The molecule has 0 saturated heterocycles. The van der Waals surface area contributed by atoms with Gasteiger partial charge in [0, 0.05) is 19.3 Å². The third-order valence-electron chi connectivity index (χ3n) is 3.11. The van der Waals surface area contributed by atoms with Gasteiger partial charge in [-0.2, -0.15) is 0 Å². The summed E-state index contributed by atoms with van der Waals surface area (Å²) in [5.41, 5.74) is 3.40. The predicted octanol–water partition coefficient (Wildman–Crippen LogP) is 1.85. The summed E-state index contributed by atoms with van der Waals surface area (Å²) in [7, 11) is 2.07. The van der Waals surface area contributed by atoms with Crippen molar-refractivity contribution in [3.63, 3.8) is 0 Å². The van der Waals surface area contributed by atoms with Crippen LogP contribution in [0.3, 0.4) is 0 Å². The molecule has 98 valence electrons. The molecule has 0 radical (unpaired) electrons. The molecular formula is C14H21N3O. The molecule has 0 aliphatic carbocycles. The average molecular weight is 247 g/mol. The molecule has 0 spiro atoms. The summed E-state index contributed by atoms with van der Waals surface area (Å²) in [6.07, 6.45) is 4.55. The fourth-order valence-electron chi connectivity index (χ4n) is 2.01. The van der Waals surface area contributed by atoms with Crippen molar-refractivity contribution in [1.82, 2.24) is 14.3 Å². The molecule has 4 heteroatoms. The van der Waals surface area contributed by atoms with Gasteiger partial charge in [-0.05, 0) is 45.0 Å². The molecular weight excluding hydrogens is 226 g/mol. The lowest BCUT2D eigenvalue weighted by molar-refractivity contribution is 0.162. The van der Waals surface area contributed by atoms with Crippen molar-refractivity contribution < 1.29 is 5.11 Å². The standard InChI is InChI=1S/C14H21N3O/c1-11-4-7-17-13(9-15-14(17)8-11)10-16(3)6-5-12(2)18/h4,7-9,12,18H,5-6,10H2,1-3H3. The number of fused-ring (bicyclic) bond motifs is 1. The Morgan fingerprint density at radius 3 is 3.00 bits per heavy atom. The van der Waals surface area contributed by atoms with Crippen molar-refractivity contribution >= 4 is 5.65 Å². The first-order valence-electron chi connectivity index (χ1n) is 6.35. The van der Waals surface area contributed by atoms with E-state index in [0.29, 0.717) is 0 Å². The van der Waals surface area contributed by atoms with Gasteiger partial charge >= 0.3 is 0 Å². The van der Waals surface area contributed by atoms with Gasteiger partial charge in [0.15, 0.2) is 0 Å². The van der Waals surface area contributed by atoms with E-state index in [-0.39, 0.29) is 6.10 Å². The fraction of sp³-hybridized carbons (Fsp3) is 0.500. The number of nitrogens with zero attached hydrogens (tertiary/aromatic N) is 3. The molecule has 18 heavy (non-hydrogen) atoms. The topological polar surface area (TPSA) is 40.8 Å². The molecule has 0 amide bonds. The van der Waals surface area contributed by atoms with Gasteiger partial charge in [0.2, 0.25) is 0 Å². The van der Waals surface area contributed by atoms with Crippen molar-refractivity contribution in [3.8, 4) is 0 Å². The minimum atomic E-state index is -0.239. The van der Waals surface area contributed by atoms with Crippen LogP contribution in [0.4, 0.5) is 0 Å². The highest BCUT2D eigenvalue weighted by molar-refractivity contribution is 5.42. The second-order valence-electron chi connectivity index (χ2n) is 5.06. The van der Waals surface area contributed by atoms with Crippen LogP contribution in [0.5, 0.6) is 0 Å². The van der Waals surface area contributed by atoms with Crippen LogP contribution in [0.15, 0.2) is 24.5 Å². The Morgan fingerprint density at radius 2 is 2.28 bits per heavy atom. The van der Waals surface area contributed by atoms with Crippen LogP contribution in [0, 0.1) is 6.92 Å². The highest BCUT2D eigenvalue weighted by Gasteiger charge is 2.07. The van der Waals surface area contributed by atoms with Crippen LogP contribution >= 0.6 is 0 Å². The summed E-state index contributed by atoms with van der Waals surface area (Å²) in [4.78, 5) is 6.62. The van der Waals surface area contributed by atoms with E-state index in [1.54, 1.807) is 0 Å². The molecule has 2 aromatic heterocycles. The number of imidazole rings is 1. The van der Waals surface area contributed by atoms with E-state index in [2.05, 4.69) is 46.6 Å². The van der Waals surface area contributed by atoms with Crippen molar-refractivity contribution in [3.05, 3.63) is 35.8 Å². The number of rotatable bonds is 5. The highest BCUT2D eigenvalue weighted by atomic mass is 16.3. The fourth-order valence-corrected chi connectivity index (χ4v) is 2.01. The zero-order valence-electron chi connectivity index (χ0n) is 11.3. The molecule has 0 aromatic carbocycles. The second kappa shape index (κ2) is 5.50. The zero-order chi connectivity index (χ0) is 13.1. The number of aromatic nitrogens is 2. The summed E-state index contributed by atoms with van der Waals surface area (Å²) < 4.78 is 2.12.